The summed E-state index contributed by atoms with van der Waals surface area (Å²) in [5.74, 6) is -0.205. The number of benzene rings is 1. The molecule has 1 aromatic rings. The van der Waals surface area contributed by atoms with E-state index in [4.69, 9.17) is 9.84 Å². The van der Waals surface area contributed by atoms with Gasteiger partial charge in [0.2, 0.25) is 0 Å². The van der Waals surface area contributed by atoms with Crippen molar-refractivity contribution in [1.29, 1.82) is 0 Å². The third-order valence-electron chi connectivity index (χ3n) is 3.71. The molecule has 0 spiro atoms. The van der Waals surface area contributed by atoms with Crippen LogP contribution < -0.4 is 0 Å². The summed E-state index contributed by atoms with van der Waals surface area (Å²) in [5, 5.41) is 8.61. The summed E-state index contributed by atoms with van der Waals surface area (Å²) in [4.78, 5) is 10.5. The van der Waals surface area contributed by atoms with E-state index in [9.17, 15) is 4.79 Å². The third-order valence-corrected chi connectivity index (χ3v) is 3.71. The molecule has 0 fully saturated rings. The van der Waals surface area contributed by atoms with E-state index in [1.807, 2.05) is 12.1 Å². The van der Waals surface area contributed by atoms with E-state index < -0.39 is 5.97 Å². The Bertz CT molecular complexity index is 434. The lowest BCUT2D eigenvalue weighted by Gasteiger charge is -2.15. The van der Waals surface area contributed by atoms with Gasteiger partial charge < -0.3 is 9.84 Å². The lowest BCUT2D eigenvalue weighted by Crippen LogP contribution is -2.04. The molecule has 0 heterocycles. The van der Waals surface area contributed by atoms with Crippen LogP contribution in [0.15, 0.2) is 30.3 Å². The molecule has 1 unspecified atom stereocenters. The average molecular weight is 290 g/mol. The zero-order chi connectivity index (χ0) is 15.5. The maximum absolute atomic E-state index is 10.5. The normalized spacial score (nSPS) is 12.7. The number of carboxylic acid groups (broad SMARTS) is 1. The van der Waals surface area contributed by atoms with Gasteiger partial charge in [-0.1, -0.05) is 50.5 Å². The summed E-state index contributed by atoms with van der Waals surface area (Å²) in [6.07, 6.45) is 8.64. The molecule has 1 rings (SSSR count). The minimum absolute atomic E-state index is 0.710. The van der Waals surface area contributed by atoms with E-state index in [-0.39, 0.29) is 0 Å². The predicted octanol–water partition coefficient (Wildman–Crippen LogP) is 4.17. The minimum atomic E-state index is -0.916. The average Bonchev–Trinajstić information content (AvgIpc) is 2.49. The van der Waals surface area contributed by atoms with Crippen molar-refractivity contribution in [2.45, 2.75) is 39.0 Å². The van der Waals surface area contributed by atoms with Crippen LogP contribution in [0.25, 0.3) is 6.08 Å². The molecule has 0 amide bonds. The lowest BCUT2D eigenvalue weighted by molar-refractivity contribution is -0.131. The summed E-state index contributed by atoms with van der Waals surface area (Å²) in [6, 6.07) is 8.15. The second-order valence-electron chi connectivity index (χ2n) is 5.38. The molecule has 0 bridgehead atoms. The summed E-state index contributed by atoms with van der Waals surface area (Å²) in [7, 11) is 1.75. The fraction of sp³-hybridized carbons (Fsp3) is 0.500. The maximum Gasteiger partial charge on any atom is 0.328 e. The molecule has 1 atom stereocenters. The van der Waals surface area contributed by atoms with Crippen LogP contribution in [-0.4, -0.2) is 24.8 Å². The largest absolute Gasteiger partial charge is 0.478 e. The van der Waals surface area contributed by atoms with E-state index in [0.717, 1.165) is 25.0 Å². The Morgan fingerprint density at radius 1 is 1.29 bits per heavy atom. The summed E-state index contributed by atoms with van der Waals surface area (Å²) < 4.78 is 5.08. The van der Waals surface area contributed by atoms with Crippen LogP contribution in [0, 0.1) is 5.92 Å². The van der Waals surface area contributed by atoms with Crippen molar-refractivity contribution in [2.24, 2.45) is 5.92 Å². The van der Waals surface area contributed by atoms with Gasteiger partial charge in [-0.05, 0) is 36.0 Å². The number of carboxylic acids is 1. The van der Waals surface area contributed by atoms with Gasteiger partial charge in [-0.3, -0.25) is 0 Å². The van der Waals surface area contributed by atoms with Crippen LogP contribution >= 0.6 is 0 Å². The van der Waals surface area contributed by atoms with Crippen molar-refractivity contribution in [3.8, 4) is 0 Å². The van der Waals surface area contributed by atoms with E-state index in [1.54, 1.807) is 13.2 Å². The molecule has 0 radical (unpaired) electrons. The molecule has 3 heteroatoms. The van der Waals surface area contributed by atoms with Gasteiger partial charge in [-0.25, -0.2) is 4.79 Å². The molecule has 116 valence electrons. The second kappa shape index (κ2) is 10.2. The monoisotopic (exact) mass is 290 g/mol. The highest BCUT2D eigenvalue weighted by atomic mass is 16.5. The zero-order valence-corrected chi connectivity index (χ0v) is 13.0. The van der Waals surface area contributed by atoms with Gasteiger partial charge in [-0.2, -0.15) is 0 Å². The number of rotatable bonds is 10. The predicted molar refractivity (Wildman–Crippen MR) is 86.3 cm³/mol. The smallest absolute Gasteiger partial charge is 0.328 e. The van der Waals surface area contributed by atoms with Gasteiger partial charge in [0, 0.05) is 19.8 Å². The Morgan fingerprint density at radius 3 is 2.57 bits per heavy atom. The van der Waals surface area contributed by atoms with E-state index >= 15 is 0 Å². The Hall–Kier alpha value is -1.61. The van der Waals surface area contributed by atoms with Gasteiger partial charge in [0.05, 0.1) is 0 Å². The number of aliphatic carboxylic acids is 1. The topological polar surface area (TPSA) is 46.5 Å². The number of methoxy groups -OCH3 is 1. The van der Waals surface area contributed by atoms with Crippen LogP contribution in [0.4, 0.5) is 0 Å². The fourth-order valence-corrected chi connectivity index (χ4v) is 2.40. The van der Waals surface area contributed by atoms with Crippen molar-refractivity contribution in [3.05, 3.63) is 41.5 Å². The third kappa shape index (κ3) is 7.66. The Balaban J connectivity index is 2.47. The molecule has 0 aromatic heterocycles. The Labute approximate surface area is 127 Å². The summed E-state index contributed by atoms with van der Waals surface area (Å²) in [5.41, 5.74) is 2.25. The van der Waals surface area contributed by atoms with Crippen molar-refractivity contribution in [2.75, 3.05) is 13.7 Å². The van der Waals surface area contributed by atoms with Gasteiger partial charge in [0.1, 0.15) is 0 Å². The molecule has 0 saturated heterocycles. The number of unbranched alkanes of at least 4 members (excludes halogenated alkanes) is 1. The molecule has 21 heavy (non-hydrogen) atoms. The van der Waals surface area contributed by atoms with Crippen molar-refractivity contribution < 1.29 is 14.6 Å². The first-order chi connectivity index (χ1) is 10.2. The van der Waals surface area contributed by atoms with Crippen molar-refractivity contribution >= 4 is 12.0 Å². The molecule has 0 aliphatic carbocycles. The number of hydrogen-bond acceptors (Lipinski definition) is 2. The van der Waals surface area contributed by atoms with Gasteiger partial charge in [-0.15, -0.1) is 0 Å². The van der Waals surface area contributed by atoms with E-state index in [2.05, 4.69) is 19.1 Å². The second-order valence-corrected chi connectivity index (χ2v) is 5.38. The van der Waals surface area contributed by atoms with Crippen molar-refractivity contribution in [1.82, 2.24) is 0 Å². The Morgan fingerprint density at radius 2 is 2.00 bits per heavy atom. The van der Waals surface area contributed by atoms with Crippen molar-refractivity contribution in [3.63, 3.8) is 0 Å². The van der Waals surface area contributed by atoms with Crippen LogP contribution in [0.3, 0.4) is 0 Å². The maximum atomic E-state index is 10.5. The quantitative estimate of drug-likeness (QED) is 0.519. The first-order valence-electron chi connectivity index (χ1n) is 7.64. The van der Waals surface area contributed by atoms with Crippen LogP contribution in [-0.2, 0) is 16.0 Å². The number of carbonyl (C=O) groups is 1. The van der Waals surface area contributed by atoms with Gasteiger partial charge in [0.25, 0.3) is 0 Å². The molecular weight excluding hydrogens is 264 g/mol. The lowest BCUT2D eigenvalue weighted by atomic mass is 9.91. The molecule has 0 aliphatic rings. The standard InChI is InChI=1S/C18H26O3/c1-3-15(6-4-5-13-21-2)14-17-9-7-16(8-10-17)11-12-18(19)20/h7-12,15H,3-6,13-14H2,1-2H3,(H,19,20)/b12-11+. The van der Waals surface area contributed by atoms with Gasteiger partial charge in [0.15, 0.2) is 0 Å². The molecule has 1 N–H and O–H groups in total. The molecule has 0 saturated carbocycles. The molecule has 1 aromatic carbocycles. The molecule has 0 aliphatic heterocycles. The van der Waals surface area contributed by atoms with E-state index in [1.165, 1.54) is 30.9 Å². The fourth-order valence-electron chi connectivity index (χ4n) is 2.40. The first-order valence-corrected chi connectivity index (χ1v) is 7.64. The Kier molecular flexibility index (Phi) is 8.44. The molecule has 3 nitrogen and oxygen atoms in total. The highest BCUT2D eigenvalue weighted by Crippen LogP contribution is 2.19. The summed E-state index contributed by atoms with van der Waals surface area (Å²) >= 11 is 0. The van der Waals surface area contributed by atoms with Crippen LogP contribution in [0.2, 0.25) is 0 Å². The highest BCUT2D eigenvalue weighted by Gasteiger charge is 2.07. The first kappa shape index (κ1) is 17.4. The number of hydrogen-bond donors (Lipinski definition) is 1. The van der Waals surface area contributed by atoms with E-state index in [0.29, 0.717) is 5.92 Å². The highest BCUT2D eigenvalue weighted by molar-refractivity contribution is 5.85. The SMILES string of the molecule is CCC(CCCCOC)Cc1ccc(/C=C/C(=O)O)cc1. The molecular formula is C18H26O3. The summed E-state index contributed by atoms with van der Waals surface area (Å²) in [6.45, 7) is 3.09. The van der Waals surface area contributed by atoms with Gasteiger partial charge >= 0.3 is 5.97 Å². The van der Waals surface area contributed by atoms with Crippen LogP contribution in [0.1, 0.15) is 43.7 Å². The zero-order valence-electron chi connectivity index (χ0n) is 13.0. The number of ether oxygens (including phenoxy) is 1. The van der Waals surface area contributed by atoms with Crippen LogP contribution in [0.5, 0.6) is 0 Å². The minimum Gasteiger partial charge on any atom is -0.478 e.